The molecule has 3 aromatic rings. The fourth-order valence-electron chi connectivity index (χ4n) is 4.52. The van der Waals surface area contributed by atoms with Gasteiger partial charge in [-0.25, -0.2) is 0 Å². The van der Waals surface area contributed by atoms with Crippen molar-refractivity contribution in [1.29, 1.82) is 0 Å². The second-order valence-electron chi connectivity index (χ2n) is 8.71. The fourth-order valence-corrected chi connectivity index (χ4v) is 4.93. The first-order valence-electron chi connectivity index (χ1n) is 11.3. The van der Waals surface area contributed by atoms with Gasteiger partial charge in [0.05, 0.1) is 22.6 Å². The van der Waals surface area contributed by atoms with E-state index in [1.165, 1.54) is 17.0 Å². The molecule has 0 fully saturated rings. The Morgan fingerprint density at radius 3 is 2.29 bits per heavy atom. The summed E-state index contributed by atoms with van der Waals surface area (Å²) in [6.45, 7) is -0.869. The molecule has 1 N–H and O–H groups in total. The van der Waals surface area contributed by atoms with Gasteiger partial charge >= 0.3 is 18.7 Å². The molecule has 3 nitrogen and oxygen atoms in total. The number of ether oxygens (including phenoxy) is 1. The van der Waals surface area contributed by atoms with Gasteiger partial charge in [0, 0.05) is 11.3 Å². The topological polar surface area (TPSA) is 32.7 Å². The van der Waals surface area contributed by atoms with Crippen LogP contribution < -0.4 is 9.64 Å². The molecule has 38 heavy (non-hydrogen) atoms. The first-order valence-corrected chi connectivity index (χ1v) is 12.1. The number of fused-ring (bicyclic) bond motifs is 1. The van der Waals surface area contributed by atoms with Gasteiger partial charge in [0.25, 0.3) is 0 Å². The van der Waals surface area contributed by atoms with Crippen LogP contribution in [0.3, 0.4) is 0 Å². The van der Waals surface area contributed by atoms with Crippen LogP contribution in [0.5, 0.6) is 5.75 Å². The van der Waals surface area contributed by atoms with Crippen LogP contribution in [0.15, 0.2) is 60.7 Å². The fraction of sp³-hybridized carbons (Fsp3) is 0.308. The largest absolute Gasteiger partial charge is 0.461 e. The van der Waals surface area contributed by atoms with Gasteiger partial charge in [-0.1, -0.05) is 59.6 Å². The van der Waals surface area contributed by atoms with E-state index in [0.717, 1.165) is 12.1 Å². The zero-order valence-corrected chi connectivity index (χ0v) is 20.8. The molecule has 12 heteroatoms. The first kappa shape index (κ1) is 28.3. The molecule has 1 aliphatic heterocycles. The van der Waals surface area contributed by atoms with E-state index >= 15 is 0 Å². The summed E-state index contributed by atoms with van der Waals surface area (Å²) in [7, 11) is 0. The summed E-state index contributed by atoms with van der Waals surface area (Å²) >= 11 is 12.6. The molecule has 0 aliphatic carbocycles. The molecule has 0 amide bonds. The summed E-state index contributed by atoms with van der Waals surface area (Å²) in [5.74, 6) is -0.575. The van der Waals surface area contributed by atoms with E-state index < -0.39 is 43.2 Å². The predicted molar refractivity (Wildman–Crippen MR) is 130 cm³/mol. The second kappa shape index (κ2) is 10.8. The molecule has 3 aromatic carbocycles. The third-order valence-electron chi connectivity index (χ3n) is 6.24. The Morgan fingerprint density at radius 1 is 0.947 bits per heavy atom. The van der Waals surface area contributed by atoms with Crippen LogP contribution in [0.4, 0.5) is 36.4 Å². The van der Waals surface area contributed by atoms with Crippen molar-refractivity contribution in [3.63, 3.8) is 0 Å². The minimum atomic E-state index is -4.93. The zero-order chi connectivity index (χ0) is 27.8. The molecule has 1 heterocycles. The molecule has 4 rings (SSSR count). The number of hydrogen-bond acceptors (Lipinski definition) is 3. The smallest absolute Gasteiger partial charge is 0.428 e. The second-order valence-corrected chi connectivity index (χ2v) is 9.49. The maximum absolute atomic E-state index is 13.5. The van der Waals surface area contributed by atoms with Crippen molar-refractivity contribution in [2.24, 2.45) is 0 Å². The van der Waals surface area contributed by atoms with Crippen molar-refractivity contribution < 1.29 is 40.6 Å². The zero-order valence-electron chi connectivity index (χ0n) is 19.3. The van der Waals surface area contributed by atoms with Crippen molar-refractivity contribution in [2.75, 3.05) is 11.4 Å². The Bertz CT molecular complexity index is 1300. The average Bonchev–Trinajstić information content (AvgIpc) is 2.85. The number of hydrogen-bond donors (Lipinski definition) is 1. The summed E-state index contributed by atoms with van der Waals surface area (Å²) in [5.41, 5.74) is 2.46. The van der Waals surface area contributed by atoms with E-state index in [0.29, 0.717) is 28.8 Å². The van der Waals surface area contributed by atoms with E-state index in [-0.39, 0.29) is 22.0 Å². The van der Waals surface area contributed by atoms with Gasteiger partial charge in [0.1, 0.15) is 5.75 Å². The lowest BCUT2D eigenvalue weighted by molar-refractivity contribution is -0.253. The third kappa shape index (κ3) is 5.82. The SMILES string of the molecule is OC(CN1c2cccc(-c3cccc(Cl)c3Cl)c2CCC1c1cccc(OC(F)(F)C(F)F)c1)C(F)(F)F. The van der Waals surface area contributed by atoms with Crippen molar-refractivity contribution in [2.45, 2.75) is 43.7 Å². The van der Waals surface area contributed by atoms with E-state index in [1.54, 1.807) is 36.4 Å². The van der Waals surface area contributed by atoms with Gasteiger partial charge < -0.3 is 14.7 Å². The number of aliphatic hydroxyl groups is 1. The van der Waals surface area contributed by atoms with Crippen molar-refractivity contribution in [1.82, 2.24) is 0 Å². The van der Waals surface area contributed by atoms with E-state index in [9.17, 15) is 35.8 Å². The number of rotatable bonds is 7. The molecule has 0 saturated heterocycles. The molecule has 0 bridgehead atoms. The van der Waals surface area contributed by atoms with Crippen LogP contribution in [0, 0.1) is 0 Å². The number of halogens is 9. The van der Waals surface area contributed by atoms with Gasteiger partial charge in [-0.2, -0.15) is 30.7 Å². The monoisotopic (exact) mass is 581 g/mol. The molecular formula is C26H20Cl2F7NO2. The lowest BCUT2D eigenvalue weighted by Crippen LogP contribution is -2.44. The maximum Gasteiger partial charge on any atom is 0.461 e. The molecular weight excluding hydrogens is 562 g/mol. The summed E-state index contributed by atoms with van der Waals surface area (Å²) in [4.78, 5) is 1.32. The normalized spacial score (nSPS) is 16.9. The highest BCUT2D eigenvalue weighted by Gasteiger charge is 2.44. The summed E-state index contributed by atoms with van der Waals surface area (Å²) in [6, 6.07) is 14.0. The lowest BCUT2D eigenvalue weighted by atomic mass is 9.86. The van der Waals surface area contributed by atoms with E-state index in [2.05, 4.69) is 4.74 Å². The number of nitrogens with zero attached hydrogens (tertiary/aromatic N) is 1. The minimum absolute atomic E-state index is 0.210. The number of benzene rings is 3. The molecule has 1 aliphatic rings. The van der Waals surface area contributed by atoms with Crippen molar-refractivity contribution >= 4 is 28.9 Å². The highest BCUT2D eigenvalue weighted by Crippen LogP contribution is 2.46. The van der Waals surface area contributed by atoms with Crippen LogP contribution in [-0.4, -0.2) is 36.5 Å². The van der Waals surface area contributed by atoms with Crippen LogP contribution in [-0.2, 0) is 6.42 Å². The first-order chi connectivity index (χ1) is 17.8. The number of aliphatic hydroxyl groups excluding tert-OH is 1. The van der Waals surface area contributed by atoms with Gasteiger partial charge in [0.15, 0.2) is 6.10 Å². The van der Waals surface area contributed by atoms with Gasteiger partial charge in [-0.3, -0.25) is 0 Å². The Kier molecular flexibility index (Phi) is 8.07. The highest BCUT2D eigenvalue weighted by atomic mass is 35.5. The Hall–Kier alpha value is -2.69. The van der Waals surface area contributed by atoms with Gasteiger partial charge in [0.2, 0.25) is 0 Å². The molecule has 2 atom stereocenters. The molecule has 0 spiro atoms. The van der Waals surface area contributed by atoms with Crippen LogP contribution in [0.25, 0.3) is 11.1 Å². The maximum atomic E-state index is 13.5. The van der Waals surface area contributed by atoms with Crippen molar-refractivity contribution in [3.05, 3.63) is 81.8 Å². The Morgan fingerprint density at radius 2 is 1.61 bits per heavy atom. The summed E-state index contributed by atoms with van der Waals surface area (Å²) in [6.07, 6.45) is -15.9. The Labute approximate surface area is 223 Å². The van der Waals surface area contributed by atoms with E-state index in [4.69, 9.17) is 23.2 Å². The molecule has 0 saturated carbocycles. The van der Waals surface area contributed by atoms with Crippen LogP contribution >= 0.6 is 23.2 Å². The third-order valence-corrected chi connectivity index (χ3v) is 7.06. The number of β-amino-alcohol motifs (C(OH)–C–C–N with tert-alkyl or cyclic N) is 1. The minimum Gasteiger partial charge on any atom is -0.428 e. The Balaban J connectivity index is 1.79. The van der Waals surface area contributed by atoms with Crippen LogP contribution in [0.2, 0.25) is 10.0 Å². The number of alkyl halides is 7. The summed E-state index contributed by atoms with van der Waals surface area (Å²) in [5, 5.41) is 10.5. The molecule has 0 aromatic heterocycles. The average molecular weight is 582 g/mol. The van der Waals surface area contributed by atoms with Crippen LogP contribution in [0.1, 0.15) is 23.6 Å². The number of anilines is 1. The highest BCUT2D eigenvalue weighted by molar-refractivity contribution is 6.43. The van der Waals surface area contributed by atoms with Gasteiger partial charge in [-0.05, 0) is 53.8 Å². The lowest BCUT2D eigenvalue weighted by Gasteiger charge is -2.41. The van der Waals surface area contributed by atoms with Gasteiger partial charge in [-0.15, -0.1) is 0 Å². The molecule has 204 valence electrons. The predicted octanol–water partition coefficient (Wildman–Crippen LogP) is 8.31. The standard InChI is InChI=1S/C26H20Cl2F7NO2/c27-19-8-2-7-18(23(19)28)16-6-3-9-21-17(16)10-11-20(36(21)13-22(37)25(31,32)33)14-4-1-5-15(12-14)38-26(34,35)24(29)30/h1-9,12,20,22,24,37H,10-11,13H2. The molecule has 2 unspecified atom stereocenters. The van der Waals surface area contributed by atoms with E-state index in [1.807, 2.05) is 0 Å². The van der Waals surface area contributed by atoms with Crippen molar-refractivity contribution in [3.8, 4) is 16.9 Å². The quantitative estimate of drug-likeness (QED) is 0.285. The molecule has 0 radical (unpaired) electrons. The summed E-state index contributed by atoms with van der Waals surface area (Å²) < 4.78 is 96.6.